The second-order valence-corrected chi connectivity index (χ2v) is 2.57. The molecule has 1 aromatic rings. The highest BCUT2D eigenvalue weighted by molar-refractivity contribution is 5.10. The lowest BCUT2D eigenvalue weighted by Gasteiger charge is -1.82. The quantitative estimate of drug-likeness (QED) is 0.549. The van der Waals surface area contributed by atoms with Crippen molar-refractivity contribution < 1.29 is 4.39 Å². The van der Waals surface area contributed by atoms with Crippen LogP contribution in [0.1, 0.15) is 5.56 Å². The third-order valence-electron chi connectivity index (χ3n) is 1.45. The maximum absolute atomic E-state index is 12.7. The highest BCUT2D eigenvalue weighted by atomic mass is 19.1. The Labute approximate surface area is 72.0 Å². The Kier molecular flexibility index (Phi) is 3.27. The van der Waals surface area contributed by atoms with Crippen molar-refractivity contribution in [3.8, 4) is 0 Å². The van der Waals surface area contributed by atoms with Gasteiger partial charge in [-0.1, -0.05) is 42.0 Å². The molecule has 0 bridgehead atoms. The summed E-state index contributed by atoms with van der Waals surface area (Å²) in [6, 6.07) is 13.7. The Morgan fingerprint density at radius 2 is 1.25 bits per heavy atom. The van der Waals surface area contributed by atoms with Crippen LogP contribution in [0.5, 0.6) is 0 Å². The maximum Gasteiger partial charge on any atom is 0.123 e. The molecule has 0 N–H and O–H groups in total. The van der Waals surface area contributed by atoms with Crippen LogP contribution in [-0.4, -0.2) is 0 Å². The molecule has 0 amide bonds. The predicted molar refractivity (Wildman–Crippen MR) is 48.8 cm³/mol. The maximum atomic E-state index is 12.7. The Bertz CT molecular complexity index is 244. The second-order valence-electron chi connectivity index (χ2n) is 2.57. The molecule has 1 aromatic carbocycles. The van der Waals surface area contributed by atoms with Gasteiger partial charge in [-0.25, -0.2) is 4.39 Å². The minimum absolute atomic E-state index is 0.233. The van der Waals surface area contributed by atoms with E-state index in [2.05, 4.69) is 0 Å². The van der Waals surface area contributed by atoms with Crippen LogP contribution in [0.3, 0.4) is 0 Å². The first kappa shape index (κ1) is 8.72. The van der Waals surface area contributed by atoms with Gasteiger partial charge in [-0.2, -0.15) is 0 Å². The van der Waals surface area contributed by atoms with Crippen molar-refractivity contribution in [3.63, 3.8) is 0 Å². The van der Waals surface area contributed by atoms with Crippen molar-refractivity contribution in [2.45, 2.75) is 6.92 Å². The van der Waals surface area contributed by atoms with Crippen LogP contribution >= 0.6 is 0 Å². The first-order valence-corrected chi connectivity index (χ1v) is 3.84. The standard InChI is InChI=1S/C11H11F/c1-10-6-2-4-8-11(12)9-5-3-7-10/h2-9H,1H3. The smallest absolute Gasteiger partial charge is 0.123 e. The molecule has 0 unspecified atom stereocenters. The molecule has 0 fully saturated rings. The second kappa shape index (κ2) is 4.50. The van der Waals surface area contributed by atoms with Crippen LogP contribution in [0, 0.1) is 12.7 Å². The fourth-order valence-electron chi connectivity index (χ4n) is 0.821. The van der Waals surface area contributed by atoms with E-state index in [1.807, 2.05) is 31.2 Å². The molecule has 0 heterocycles. The lowest BCUT2D eigenvalue weighted by Crippen LogP contribution is -1.64. The molecule has 0 aliphatic heterocycles. The van der Waals surface area contributed by atoms with Crippen molar-refractivity contribution in [1.82, 2.24) is 0 Å². The summed E-state index contributed by atoms with van der Waals surface area (Å²) < 4.78 is 12.7. The monoisotopic (exact) mass is 162 g/mol. The minimum atomic E-state index is -0.233. The molecule has 62 valence electrons. The minimum Gasteiger partial charge on any atom is -0.207 e. The molecule has 0 saturated carbocycles. The molecule has 0 aliphatic rings. The first-order chi connectivity index (χ1) is 5.79. The Morgan fingerprint density at radius 1 is 0.833 bits per heavy atom. The van der Waals surface area contributed by atoms with Crippen LogP contribution in [-0.2, 0) is 0 Å². The Hall–Kier alpha value is -1.37. The number of halogens is 1. The highest BCUT2D eigenvalue weighted by Crippen LogP contribution is 1.93. The number of rotatable bonds is 0. The summed E-state index contributed by atoms with van der Waals surface area (Å²) in [4.78, 5) is 0. The summed E-state index contributed by atoms with van der Waals surface area (Å²) in [5.74, 6) is -0.233. The summed E-state index contributed by atoms with van der Waals surface area (Å²) in [7, 11) is 0. The van der Waals surface area contributed by atoms with Gasteiger partial charge in [-0.05, 0) is 19.1 Å². The molecule has 0 aliphatic carbocycles. The number of hydrogen-bond donors (Lipinski definition) is 0. The van der Waals surface area contributed by atoms with Crippen molar-refractivity contribution >= 4 is 0 Å². The van der Waals surface area contributed by atoms with Crippen LogP contribution in [0.15, 0.2) is 48.5 Å². The molecule has 0 aromatic heterocycles. The topological polar surface area (TPSA) is 0 Å². The lowest BCUT2D eigenvalue weighted by atomic mass is 10.3. The molecule has 1 heteroatoms. The fourth-order valence-corrected chi connectivity index (χ4v) is 0.821. The average Bonchev–Trinajstić information content (AvgIpc) is 2.06. The molecule has 0 nitrogen and oxygen atoms in total. The van der Waals surface area contributed by atoms with Crippen molar-refractivity contribution in [2.75, 3.05) is 0 Å². The number of aryl methyl sites for hydroxylation is 1. The predicted octanol–water partition coefficient (Wildman–Crippen LogP) is 3.26. The third kappa shape index (κ3) is 3.15. The van der Waals surface area contributed by atoms with Gasteiger partial charge in [0, 0.05) is 0 Å². The third-order valence-corrected chi connectivity index (χ3v) is 1.45. The Morgan fingerprint density at radius 3 is 1.75 bits per heavy atom. The summed E-state index contributed by atoms with van der Waals surface area (Å²) in [5.41, 5.74) is 1.15. The summed E-state index contributed by atoms with van der Waals surface area (Å²) in [6.07, 6.45) is 0. The van der Waals surface area contributed by atoms with Crippen molar-refractivity contribution in [2.24, 2.45) is 0 Å². The van der Waals surface area contributed by atoms with E-state index in [1.54, 1.807) is 12.1 Å². The summed E-state index contributed by atoms with van der Waals surface area (Å²) in [5, 5.41) is 0. The van der Waals surface area contributed by atoms with Gasteiger partial charge in [0.25, 0.3) is 0 Å². The fraction of sp³-hybridized carbons (Fsp3) is 0.0909. The first-order valence-electron chi connectivity index (χ1n) is 3.84. The van der Waals surface area contributed by atoms with Gasteiger partial charge < -0.3 is 0 Å². The van der Waals surface area contributed by atoms with E-state index < -0.39 is 0 Å². The average molecular weight is 162 g/mol. The van der Waals surface area contributed by atoms with Crippen LogP contribution in [0.4, 0.5) is 4.39 Å². The van der Waals surface area contributed by atoms with Crippen molar-refractivity contribution in [3.05, 3.63) is 59.9 Å². The summed E-state index contributed by atoms with van der Waals surface area (Å²) >= 11 is 0. The van der Waals surface area contributed by atoms with E-state index in [0.29, 0.717) is 0 Å². The molecular weight excluding hydrogens is 151 g/mol. The molecule has 0 radical (unpaired) electrons. The zero-order chi connectivity index (χ0) is 8.81. The van der Waals surface area contributed by atoms with E-state index >= 15 is 0 Å². The Balaban J connectivity index is 3.18. The van der Waals surface area contributed by atoms with Crippen LogP contribution < -0.4 is 0 Å². The van der Waals surface area contributed by atoms with Gasteiger partial charge in [-0.3, -0.25) is 0 Å². The van der Waals surface area contributed by atoms with Gasteiger partial charge in [-0.15, -0.1) is 0 Å². The van der Waals surface area contributed by atoms with E-state index in [-0.39, 0.29) is 5.82 Å². The van der Waals surface area contributed by atoms with E-state index in [1.165, 1.54) is 12.1 Å². The zero-order valence-electron chi connectivity index (χ0n) is 7.00. The van der Waals surface area contributed by atoms with Gasteiger partial charge in [0.05, 0.1) is 0 Å². The van der Waals surface area contributed by atoms with E-state index in [4.69, 9.17) is 0 Å². The molecule has 12 heavy (non-hydrogen) atoms. The van der Waals surface area contributed by atoms with Crippen LogP contribution in [0.2, 0.25) is 0 Å². The van der Waals surface area contributed by atoms with Gasteiger partial charge in [0.2, 0.25) is 0 Å². The van der Waals surface area contributed by atoms with E-state index in [9.17, 15) is 4.39 Å². The SMILES string of the molecule is Cc1ccccc(F)cccc1. The molecule has 1 rings (SSSR count). The summed E-state index contributed by atoms with van der Waals surface area (Å²) in [6.45, 7) is 2.00. The lowest BCUT2D eigenvalue weighted by molar-refractivity contribution is 0.629. The van der Waals surface area contributed by atoms with Crippen molar-refractivity contribution in [1.29, 1.82) is 0 Å². The molecular formula is C11H11F. The molecule has 0 atom stereocenters. The number of hydrogen-bond acceptors (Lipinski definition) is 0. The largest absolute Gasteiger partial charge is 0.207 e. The van der Waals surface area contributed by atoms with Gasteiger partial charge in [0.1, 0.15) is 5.82 Å². The normalized spacial score (nSPS) is 8.83. The molecule has 0 saturated heterocycles. The van der Waals surface area contributed by atoms with Gasteiger partial charge in [0.15, 0.2) is 0 Å². The zero-order valence-corrected chi connectivity index (χ0v) is 7.00. The highest BCUT2D eigenvalue weighted by Gasteiger charge is 1.77. The van der Waals surface area contributed by atoms with Gasteiger partial charge >= 0.3 is 0 Å². The molecule has 0 spiro atoms. The van der Waals surface area contributed by atoms with Crippen LogP contribution in [0.25, 0.3) is 0 Å². The van der Waals surface area contributed by atoms with E-state index in [0.717, 1.165) is 5.56 Å².